The van der Waals surface area contributed by atoms with Gasteiger partial charge >= 0.3 is 0 Å². The molecule has 0 unspecified atom stereocenters. The van der Waals surface area contributed by atoms with Crippen LogP contribution in [0.15, 0.2) is 53.0 Å². The van der Waals surface area contributed by atoms with Crippen LogP contribution in [0.25, 0.3) is 10.4 Å². The molecule has 0 bridgehead atoms. The second kappa shape index (κ2) is 8.62. The van der Waals surface area contributed by atoms with Gasteiger partial charge in [0, 0.05) is 47.5 Å². The van der Waals surface area contributed by atoms with E-state index in [2.05, 4.69) is 44.0 Å². The number of rotatable bonds is 5. The predicted octanol–water partition coefficient (Wildman–Crippen LogP) is 3.52. The SMILES string of the molecule is COc1ccc(-c2ccc(CN=C(N)N3CCN(c4nccs4)CC3)s2)cc1. The van der Waals surface area contributed by atoms with Crippen LogP contribution in [-0.4, -0.2) is 49.1 Å². The van der Waals surface area contributed by atoms with Crippen molar-refractivity contribution < 1.29 is 4.74 Å². The Bertz CT molecular complexity index is 912. The van der Waals surface area contributed by atoms with Crippen molar-refractivity contribution in [2.45, 2.75) is 6.54 Å². The molecule has 0 spiro atoms. The first-order chi connectivity index (χ1) is 13.7. The summed E-state index contributed by atoms with van der Waals surface area (Å²) in [5, 5.41) is 3.10. The molecule has 4 rings (SSSR count). The van der Waals surface area contributed by atoms with Gasteiger partial charge in [0.2, 0.25) is 0 Å². The third kappa shape index (κ3) is 4.28. The van der Waals surface area contributed by atoms with E-state index in [1.54, 1.807) is 29.8 Å². The van der Waals surface area contributed by atoms with Gasteiger partial charge in [-0.05, 0) is 42.0 Å². The van der Waals surface area contributed by atoms with E-state index in [0.717, 1.165) is 37.1 Å². The molecule has 0 atom stereocenters. The highest BCUT2D eigenvalue weighted by Gasteiger charge is 2.19. The second-order valence-corrected chi connectivity index (χ2v) is 8.50. The monoisotopic (exact) mass is 413 g/mol. The molecule has 146 valence electrons. The van der Waals surface area contributed by atoms with Crippen molar-refractivity contribution in [3.63, 3.8) is 0 Å². The van der Waals surface area contributed by atoms with Gasteiger partial charge < -0.3 is 20.3 Å². The van der Waals surface area contributed by atoms with Crippen LogP contribution in [-0.2, 0) is 6.54 Å². The first kappa shape index (κ1) is 18.8. The number of hydrogen-bond acceptors (Lipinski definition) is 6. The molecular weight excluding hydrogens is 390 g/mol. The van der Waals surface area contributed by atoms with E-state index >= 15 is 0 Å². The Balaban J connectivity index is 1.33. The summed E-state index contributed by atoms with van der Waals surface area (Å²) in [6.45, 7) is 4.20. The molecule has 3 heterocycles. The second-order valence-electron chi connectivity index (χ2n) is 6.46. The quantitative estimate of drug-likeness (QED) is 0.512. The third-order valence-corrected chi connectivity index (χ3v) is 6.68. The van der Waals surface area contributed by atoms with Gasteiger partial charge in [0.1, 0.15) is 5.75 Å². The zero-order chi connectivity index (χ0) is 19.3. The zero-order valence-corrected chi connectivity index (χ0v) is 17.4. The minimum atomic E-state index is 0.610. The van der Waals surface area contributed by atoms with Crippen LogP contribution >= 0.6 is 22.7 Å². The molecule has 0 saturated carbocycles. The van der Waals surface area contributed by atoms with Gasteiger partial charge in [0.15, 0.2) is 11.1 Å². The van der Waals surface area contributed by atoms with Crippen molar-refractivity contribution in [3.8, 4) is 16.2 Å². The lowest BCUT2D eigenvalue weighted by molar-refractivity contribution is 0.380. The fraction of sp³-hybridized carbons (Fsp3) is 0.300. The molecule has 1 aromatic carbocycles. The molecule has 1 fully saturated rings. The van der Waals surface area contributed by atoms with Crippen LogP contribution in [0.5, 0.6) is 5.75 Å². The van der Waals surface area contributed by atoms with E-state index in [-0.39, 0.29) is 0 Å². The number of nitrogens with two attached hydrogens (primary N) is 1. The number of anilines is 1. The van der Waals surface area contributed by atoms with Crippen molar-refractivity contribution >= 4 is 33.8 Å². The summed E-state index contributed by atoms with van der Waals surface area (Å²) in [6, 6.07) is 12.4. The Labute approximate surface area is 172 Å². The molecule has 1 saturated heterocycles. The standard InChI is InChI=1S/C20H23N5OS2/c1-26-16-4-2-15(3-5-16)18-7-6-17(28-18)14-23-19(21)24-9-11-25(12-10-24)20-22-8-13-27-20/h2-8,13H,9-12,14H2,1H3,(H2,21,23). The number of thiophene rings is 1. The molecule has 28 heavy (non-hydrogen) atoms. The van der Waals surface area contributed by atoms with E-state index in [0.29, 0.717) is 12.5 Å². The summed E-state index contributed by atoms with van der Waals surface area (Å²) in [4.78, 5) is 15.9. The zero-order valence-electron chi connectivity index (χ0n) is 15.7. The molecule has 8 heteroatoms. The molecular formula is C20H23N5OS2. The lowest BCUT2D eigenvalue weighted by Crippen LogP contribution is -2.51. The number of ether oxygens (including phenoxy) is 1. The summed E-state index contributed by atoms with van der Waals surface area (Å²) in [6.07, 6.45) is 1.85. The highest BCUT2D eigenvalue weighted by atomic mass is 32.1. The van der Waals surface area contributed by atoms with Crippen LogP contribution in [0.3, 0.4) is 0 Å². The molecule has 0 radical (unpaired) electrons. The first-order valence-corrected chi connectivity index (χ1v) is 10.8. The minimum Gasteiger partial charge on any atom is -0.497 e. The summed E-state index contributed by atoms with van der Waals surface area (Å²) in [7, 11) is 1.68. The molecule has 1 aliphatic rings. The van der Waals surface area contributed by atoms with E-state index in [9.17, 15) is 0 Å². The van der Waals surface area contributed by atoms with Crippen molar-refractivity contribution in [1.29, 1.82) is 0 Å². The number of hydrogen-bond donors (Lipinski definition) is 1. The molecule has 0 aliphatic carbocycles. The normalized spacial score (nSPS) is 15.1. The highest BCUT2D eigenvalue weighted by molar-refractivity contribution is 7.15. The number of aliphatic imine (C=N–C) groups is 1. The van der Waals surface area contributed by atoms with Gasteiger partial charge in [-0.3, -0.25) is 0 Å². The van der Waals surface area contributed by atoms with Gasteiger partial charge in [-0.1, -0.05) is 0 Å². The molecule has 3 aromatic rings. The maximum Gasteiger partial charge on any atom is 0.191 e. The lowest BCUT2D eigenvalue weighted by atomic mass is 10.2. The fourth-order valence-corrected chi connectivity index (χ4v) is 4.77. The summed E-state index contributed by atoms with van der Waals surface area (Å²) >= 11 is 3.43. The Kier molecular flexibility index (Phi) is 5.78. The van der Waals surface area contributed by atoms with E-state index < -0.39 is 0 Å². The molecule has 6 nitrogen and oxygen atoms in total. The summed E-state index contributed by atoms with van der Waals surface area (Å²) in [5.74, 6) is 1.49. The van der Waals surface area contributed by atoms with Gasteiger partial charge in [-0.2, -0.15) is 0 Å². The average Bonchev–Trinajstić information content (AvgIpc) is 3.44. The van der Waals surface area contributed by atoms with Crippen molar-refractivity contribution in [2.75, 3.05) is 38.2 Å². The summed E-state index contributed by atoms with van der Waals surface area (Å²) in [5.41, 5.74) is 7.43. The minimum absolute atomic E-state index is 0.610. The Morgan fingerprint density at radius 1 is 1.14 bits per heavy atom. The summed E-state index contributed by atoms with van der Waals surface area (Å²) < 4.78 is 5.22. The van der Waals surface area contributed by atoms with Crippen LogP contribution in [0, 0.1) is 0 Å². The fourth-order valence-electron chi connectivity index (χ4n) is 3.13. The number of aromatic nitrogens is 1. The van der Waals surface area contributed by atoms with Gasteiger partial charge in [0.25, 0.3) is 0 Å². The third-order valence-electron chi connectivity index (χ3n) is 4.73. The Morgan fingerprint density at radius 3 is 2.61 bits per heavy atom. The molecule has 0 amide bonds. The topological polar surface area (TPSA) is 67.0 Å². The number of benzene rings is 1. The average molecular weight is 414 g/mol. The lowest BCUT2D eigenvalue weighted by Gasteiger charge is -2.35. The van der Waals surface area contributed by atoms with Crippen LogP contribution in [0.4, 0.5) is 5.13 Å². The van der Waals surface area contributed by atoms with E-state index in [1.807, 2.05) is 23.7 Å². The van der Waals surface area contributed by atoms with E-state index in [1.165, 1.54) is 15.3 Å². The largest absolute Gasteiger partial charge is 0.497 e. The van der Waals surface area contributed by atoms with Crippen molar-refractivity contribution in [1.82, 2.24) is 9.88 Å². The van der Waals surface area contributed by atoms with Gasteiger partial charge in [-0.25, -0.2) is 9.98 Å². The number of piperazine rings is 1. The Hall–Kier alpha value is -2.58. The van der Waals surface area contributed by atoms with Crippen molar-refractivity contribution in [2.24, 2.45) is 10.7 Å². The number of thiazole rings is 1. The maximum absolute atomic E-state index is 6.25. The predicted molar refractivity (Wildman–Crippen MR) is 118 cm³/mol. The number of methoxy groups -OCH3 is 1. The van der Waals surface area contributed by atoms with Crippen molar-refractivity contribution in [3.05, 3.63) is 52.9 Å². The Morgan fingerprint density at radius 2 is 1.93 bits per heavy atom. The van der Waals surface area contributed by atoms with Gasteiger partial charge in [-0.15, -0.1) is 22.7 Å². The number of nitrogens with zero attached hydrogens (tertiary/aromatic N) is 4. The van der Waals surface area contributed by atoms with Crippen LogP contribution in [0.2, 0.25) is 0 Å². The first-order valence-electron chi connectivity index (χ1n) is 9.15. The van der Waals surface area contributed by atoms with E-state index in [4.69, 9.17) is 10.5 Å². The maximum atomic E-state index is 6.25. The molecule has 1 aliphatic heterocycles. The number of guanidine groups is 1. The molecule has 2 aromatic heterocycles. The highest BCUT2D eigenvalue weighted by Crippen LogP contribution is 2.29. The van der Waals surface area contributed by atoms with Crippen LogP contribution < -0.4 is 15.4 Å². The van der Waals surface area contributed by atoms with Gasteiger partial charge in [0.05, 0.1) is 13.7 Å². The smallest absolute Gasteiger partial charge is 0.191 e. The van der Waals surface area contributed by atoms with Crippen LogP contribution in [0.1, 0.15) is 4.88 Å². The molecule has 2 N–H and O–H groups in total.